The average molecular weight is 406 g/mol. The second-order valence-electron chi connectivity index (χ2n) is 2.72. The van der Waals surface area contributed by atoms with Crippen LogP contribution in [0.1, 0.15) is 29.4 Å². The molecule has 0 aliphatic rings. The largest absolute Gasteiger partial charge is 0.462 e. The third-order valence-corrected chi connectivity index (χ3v) is 3.06. The van der Waals surface area contributed by atoms with Gasteiger partial charge in [-0.2, -0.15) is 0 Å². The van der Waals surface area contributed by atoms with Crippen LogP contribution in [-0.2, 0) is 4.74 Å². The van der Waals surface area contributed by atoms with E-state index in [1.165, 1.54) is 0 Å². The second kappa shape index (κ2) is 5.85. The van der Waals surface area contributed by atoms with E-state index in [1.807, 2.05) is 0 Å². The molecule has 0 aromatic carbocycles. The Hall–Kier alpha value is -0.310. The molecule has 88 valence electrons. The maximum Gasteiger partial charge on any atom is 0.341 e. The summed E-state index contributed by atoms with van der Waals surface area (Å²) in [6, 6.07) is 1.12. The van der Waals surface area contributed by atoms with E-state index >= 15 is 0 Å². The summed E-state index contributed by atoms with van der Waals surface area (Å²) < 4.78 is 30.1. The van der Waals surface area contributed by atoms with Gasteiger partial charge in [-0.15, -0.1) is 0 Å². The lowest BCUT2D eigenvalue weighted by Gasteiger charge is -2.08. The van der Waals surface area contributed by atoms with E-state index in [2.05, 4.69) is 20.9 Å². The van der Waals surface area contributed by atoms with E-state index in [4.69, 9.17) is 4.74 Å². The van der Waals surface area contributed by atoms with Crippen LogP contribution in [0.3, 0.4) is 0 Å². The average Bonchev–Trinajstić information content (AvgIpc) is 2.16. The molecule has 0 saturated carbocycles. The molecule has 1 heterocycles. The lowest BCUT2D eigenvalue weighted by molar-refractivity contribution is 0.0522. The summed E-state index contributed by atoms with van der Waals surface area (Å²) >= 11 is 4.78. The van der Waals surface area contributed by atoms with E-state index in [0.29, 0.717) is 0 Å². The van der Waals surface area contributed by atoms with Crippen molar-refractivity contribution < 1.29 is 18.3 Å². The van der Waals surface area contributed by atoms with Crippen LogP contribution in [0, 0.1) is 3.70 Å². The van der Waals surface area contributed by atoms with Crippen molar-refractivity contribution in [3.8, 4) is 0 Å². The Bertz CT molecular complexity index is 391. The first-order valence-electron chi connectivity index (χ1n) is 4.28. The smallest absolute Gasteiger partial charge is 0.341 e. The minimum absolute atomic E-state index is 0.173. The molecule has 1 aromatic heterocycles. The summed E-state index contributed by atoms with van der Waals surface area (Å²) in [4.78, 5) is 15.1. The van der Waals surface area contributed by atoms with Gasteiger partial charge in [0.1, 0.15) is 15.0 Å². The quantitative estimate of drug-likeness (QED) is 0.438. The third-order valence-electron chi connectivity index (χ3n) is 1.65. The first kappa shape index (κ1) is 13.8. The molecule has 1 rings (SSSR count). The molecule has 16 heavy (non-hydrogen) atoms. The standard InChI is InChI=1S/C9H7BrF2INO2/c1-2-16-9(15)6-4(10)3-5(7(11)12)14-8(6)13/h3,7H,2H2,1H3. The lowest BCUT2D eigenvalue weighted by atomic mass is 10.2. The summed E-state index contributed by atoms with van der Waals surface area (Å²) in [6.45, 7) is 1.89. The number of hydrogen-bond donors (Lipinski definition) is 0. The summed E-state index contributed by atoms with van der Waals surface area (Å²) in [5, 5.41) is 0. The van der Waals surface area contributed by atoms with E-state index < -0.39 is 12.4 Å². The molecule has 0 bridgehead atoms. The van der Waals surface area contributed by atoms with Gasteiger partial charge in [-0.1, -0.05) is 0 Å². The Morgan fingerprint density at radius 2 is 2.31 bits per heavy atom. The highest BCUT2D eigenvalue weighted by Crippen LogP contribution is 2.27. The molecule has 0 atom stereocenters. The first-order valence-corrected chi connectivity index (χ1v) is 6.15. The van der Waals surface area contributed by atoms with Crippen LogP contribution >= 0.6 is 38.5 Å². The van der Waals surface area contributed by atoms with Crippen LogP contribution in [0.15, 0.2) is 10.5 Å². The summed E-state index contributed by atoms with van der Waals surface area (Å²) in [7, 11) is 0. The van der Waals surface area contributed by atoms with Crippen molar-refractivity contribution in [3.63, 3.8) is 0 Å². The molecule has 0 aliphatic heterocycles. The minimum Gasteiger partial charge on any atom is -0.462 e. The van der Waals surface area contributed by atoms with Crippen molar-refractivity contribution in [2.24, 2.45) is 0 Å². The van der Waals surface area contributed by atoms with Gasteiger partial charge >= 0.3 is 5.97 Å². The number of esters is 1. The van der Waals surface area contributed by atoms with Crippen LogP contribution in [0.5, 0.6) is 0 Å². The van der Waals surface area contributed by atoms with Crippen LogP contribution in [0.4, 0.5) is 8.78 Å². The monoisotopic (exact) mass is 405 g/mol. The van der Waals surface area contributed by atoms with Gasteiger partial charge in [0.15, 0.2) is 0 Å². The highest BCUT2D eigenvalue weighted by Gasteiger charge is 2.20. The van der Waals surface area contributed by atoms with Crippen LogP contribution in [0.25, 0.3) is 0 Å². The number of carbonyl (C=O) groups excluding carboxylic acids is 1. The van der Waals surface area contributed by atoms with Crippen LogP contribution in [-0.4, -0.2) is 17.6 Å². The third kappa shape index (κ3) is 3.09. The Kier molecular flexibility index (Phi) is 5.03. The van der Waals surface area contributed by atoms with E-state index in [-0.39, 0.29) is 26.0 Å². The molecular formula is C9H7BrF2INO2. The normalized spacial score (nSPS) is 10.6. The number of ether oxygens (including phenoxy) is 1. The highest BCUT2D eigenvalue weighted by atomic mass is 127. The number of aromatic nitrogens is 1. The molecule has 0 spiro atoms. The summed E-state index contributed by atoms with van der Waals surface area (Å²) in [6.07, 6.45) is -2.67. The number of carbonyl (C=O) groups is 1. The van der Waals surface area contributed by atoms with Crippen LogP contribution in [0.2, 0.25) is 0 Å². The lowest BCUT2D eigenvalue weighted by Crippen LogP contribution is -2.10. The van der Waals surface area contributed by atoms with Crippen molar-refractivity contribution in [2.45, 2.75) is 13.3 Å². The fraction of sp³-hybridized carbons (Fsp3) is 0.333. The number of nitrogens with zero attached hydrogens (tertiary/aromatic N) is 1. The molecule has 0 radical (unpaired) electrons. The Labute approximate surface area is 113 Å². The van der Waals surface area contributed by atoms with Crippen molar-refractivity contribution in [3.05, 3.63) is 25.5 Å². The van der Waals surface area contributed by atoms with Gasteiger partial charge in [0.2, 0.25) is 0 Å². The Balaban J connectivity index is 3.17. The molecule has 0 fully saturated rings. The molecule has 7 heteroatoms. The van der Waals surface area contributed by atoms with E-state index in [1.54, 1.807) is 29.5 Å². The van der Waals surface area contributed by atoms with Gasteiger partial charge in [-0.3, -0.25) is 0 Å². The van der Waals surface area contributed by atoms with Gasteiger partial charge in [-0.05, 0) is 51.5 Å². The molecule has 0 N–H and O–H groups in total. The molecular weight excluding hydrogens is 399 g/mol. The molecule has 0 aliphatic carbocycles. The fourth-order valence-corrected chi connectivity index (χ4v) is 2.74. The number of alkyl halides is 2. The molecule has 1 aromatic rings. The predicted octanol–water partition coefficient (Wildman–Crippen LogP) is 3.56. The van der Waals surface area contributed by atoms with Gasteiger partial charge in [0, 0.05) is 4.47 Å². The maximum atomic E-state index is 12.4. The topological polar surface area (TPSA) is 39.2 Å². The number of hydrogen-bond acceptors (Lipinski definition) is 3. The van der Waals surface area contributed by atoms with Gasteiger partial charge in [0.25, 0.3) is 6.43 Å². The fourth-order valence-electron chi connectivity index (χ4n) is 0.999. The number of rotatable bonds is 3. The minimum atomic E-state index is -2.67. The van der Waals surface area contributed by atoms with E-state index in [0.717, 1.165) is 6.07 Å². The SMILES string of the molecule is CCOC(=O)c1c(Br)cc(C(F)F)nc1I. The summed E-state index contributed by atoms with van der Waals surface area (Å²) in [5.74, 6) is -0.577. The van der Waals surface area contributed by atoms with Crippen molar-refractivity contribution >= 4 is 44.5 Å². The van der Waals surface area contributed by atoms with Gasteiger partial charge in [-0.25, -0.2) is 18.6 Å². The zero-order valence-corrected chi connectivity index (χ0v) is 11.9. The molecule has 3 nitrogen and oxygen atoms in total. The Morgan fingerprint density at radius 3 is 2.75 bits per heavy atom. The molecule has 0 saturated heterocycles. The Morgan fingerprint density at radius 1 is 1.69 bits per heavy atom. The second-order valence-corrected chi connectivity index (χ2v) is 4.59. The maximum absolute atomic E-state index is 12.4. The van der Waals surface area contributed by atoms with Crippen LogP contribution < -0.4 is 0 Å². The van der Waals surface area contributed by atoms with Crippen molar-refractivity contribution in [1.29, 1.82) is 0 Å². The summed E-state index contributed by atoms with van der Waals surface area (Å²) in [5.41, 5.74) is -0.198. The van der Waals surface area contributed by atoms with Crippen molar-refractivity contribution in [1.82, 2.24) is 4.98 Å². The predicted molar refractivity (Wildman–Crippen MR) is 65.6 cm³/mol. The number of halogens is 4. The van der Waals surface area contributed by atoms with Crippen molar-refractivity contribution in [2.75, 3.05) is 6.61 Å². The molecule has 0 amide bonds. The van der Waals surface area contributed by atoms with Gasteiger partial charge in [0.05, 0.1) is 6.61 Å². The first-order chi connectivity index (χ1) is 7.47. The zero-order chi connectivity index (χ0) is 12.3. The zero-order valence-electron chi connectivity index (χ0n) is 8.14. The van der Waals surface area contributed by atoms with E-state index in [9.17, 15) is 13.6 Å². The highest BCUT2D eigenvalue weighted by molar-refractivity contribution is 14.1. The van der Waals surface area contributed by atoms with Gasteiger partial charge < -0.3 is 4.74 Å². The molecule has 0 unspecified atom stereocenters. The number of pyridine rings is 1.